The van der Waals surface area contributed by atoms with Gasteiger partial charge in [0.1, 0.15) is 11.5 Å². The molecule has 2 aromatic rings. The Balaban J connectivity index is 1.99. The van der Waals surface area contributed by atoms with Crippen molar-refractivity contribution in [1.29, 1.82) is 0 Å². The number of amides is 1. The van der Waals surface area contributed by atoms with Crippen molar-refractivity contribution in [1.82, 2.24) is 20.3 Å². The molecule has 0 spiro atoms. The zero-order valence-electron chi connectivity index (χ0n) is 10.0. The Morgan fingerprint density at radius 2 is 2.29 bits per heavy atom. The zero-order valence-corrected chi connectivity index (χ0v) is 10.0. The molecule has 0 radical (unpaired) electrons. The summed E-state index contributed by atoms with van der Waals surface area (Å²) in [6, 6.07) is 1.91. The highest BCUT2D eigenvalue weighted by atomic mass is 16.3. The van der Waals surface area contributed by atoms with Gasteiger partial charge in [-0.2, -0.15) is 0 Å². The first-order chi connectivity index (χ1) is 8.06. The predicted molar refractivity (Wildman–Crippen MR) is 60.4 cm³/mol. The normalized spacial score (nSPS) is 10.5. The van der Waals surface area contributed by atoms with E-state index in [2.05, 4.69) is 15.6 Å². The second-order valence-electron chi connectivity index (χ2n) is 3.90. The molecule has 90 valence electrons. The number of hydrogen-bond donors (Lipinski definition) is 1. The van der Waals surface area contributed by atoms with E-state index in [1.54, 1.807) is 13.2 Å². The summed E-state index contributed by atoms with van der Waals surface area (Å²) in [5, 5.41) is 10.2. The average Bonchev–Trinajstić information content (AvgIpc) is 2.82. The van der Waals surface area contributed by atoms with Gasteiger partial charge in [0.2, 0.25) is 0 Å². The molecule has 0 aliphatic heterocycles. The monoisotopic (exact) mass is 234 g/mol. The summed E-state index contributed by atoms with van der Waals surface area (Å²) in [5.74, 6) is 1.42. The fourth-order valence-corrected chi connectivity index (χ4v) is 1.58. The van der Waals surface area contributed by atoms with Gasteiger partial charge >= 0.3 is 0 Å². The first-order valence-electron chi connectivity index (χ1n) is 5.26. The second-order valence-corrected chi connectivity index (χ2v) is 3.90. The molecule has 1 amide bonds. The summed E-state index contributed by atoms with van der Waals surface area (Å²) in [7, 11) is 1.72. The quantitative estimate of drug-likeness (QED) is 0.858. The molecular weight excluding hydrogens is 220 g/mol. The molecule has 0 aliphatic carbocycles. The summed E-state index contributed by atoms with van der Waals surface area (Å²) < 4.78 is 6.86. The Labute approximate surface area is 98.6 Å². The van der Waals surface area contributed by atoms with Gasteiger partial charge in [0, 0.05) is 19.2 Å². The van der Waals surface area contributed by atoms with E-state index in [0.29, 0.717) is 12.2 Å². The van der Waals surface area contributed by atoms with Crippen LogP contribution in [0.25, 0.3) is 0 Å². The molecule has 0 fully saturated rings. The molecule has 2 rings (SSSR count). The van der Waals surface area contributed by atoms with E-state index in [0.717, 1.165) is 17.1 Å². The van der Waals surface area contributed by atoms with Crippen molar-refractivity contribution in [3.05, 3.63) is 35.0 Å². The molecule has 0 aliphatic rings. The third kappa shape index (κ3) is 2.52. The van der Waals surface area contributed by atoms with Crippen LogP contribution in [0.2, 0.25) is 0 Å². The summed E-state index contributed by atoms with van der Waals surface area (Å²) in [6.07, 6.45) is 1.57. The summed E-state index contributed by atoms with van der Waals surface area (Å²) in [4.78, 5) is 11.7. The Bertz CT molecular complexity index is 541. The van der Waals surface area contributed by atoms with Crippen molar-refractivity contribution in [2.24, 2.45) is 7.05 Å². The number of furan rings is 1. The minimum Gasteiger partial charge on any atom is -0.466 e. The molecule has 0 unspecified atom stereocenters. The number of carbonyl (C=O) groups is 1. The average molecular weight is 234 g/mol. The van der Waals surface area contributed by atoms with Crippen LogP contribution in [0.1, 0.15) is 27.6 Å². The Kier molecular flexibility index (Phi) is 2.95. The molecule has 17 heavy (non-hydrogen) atoms. The lowest BCUT2D eigenvalue weighted by Gasteiger charge is -2.00. The van der Waals surface area contributed by atoms with Crippen molar-refractivity contribution in [3.8, 4) is 0 Å². The van der Waals surface area contributed by atoms with Gasteiger partial charge in [0.15, 0.2) is 5.69 Å². The van der Waals surface area contributed by atoms with Crippen LogP contribution in [0.15, 0.2) is 16.7 Å². The molecule has 2 aromatic heterocycles. The summed E-state index contributed by atoms with van der Waals surface area (Å²) in [6.45, 7) is 4.18. The Hall–Kier alpha value is -2.11. The molecule has 0 bridgehead atoms. The van der Waals surface area contributed by atoms with Crippen molar-refractivity contribution in [2.45, 2.75) is 20.4 Å². The lowest BCUT2D eigenvalue weighted by atomic mass is 10.2. The Morgan fingerprint density at radius 3 is 2.82 bits per heavy atom. The molecule has 0 atom stereocenters. The number of nitrogens with zero attached hydrogens (tertiary/aromatic N) is 3. The number of hydrogen-bond acceptors (Lipinski definition) is 4. The minimum atomic E-state index is -0.239. The third-order valence-corrected chi connectivity index (χ3v) is 2.42. The van der Waals surface area contributed by atoms with Crippen molar-refractivity contribution in [2.75, 3.05) is 0 Å². The SMILES string of the molecule is Cc1cc(CNC(=O)c2cn(C)nn2)c(C)o1. The van der Waals surface area contributed by atoms with E-state index >= 15 is 0 Å². The van der Waals surface area contributed by atoms with Crippen LogP contribution in [0.5, 0.6) is 0 Å². The topological polar surface area (TPSA) is 73.0 Å². The van der Waals surface area contributed by atoms with Crippen molar-refractivity contribution < 1.29 is 9.21 Å². The van der Waals surface area contributed by atoms with Gasteiger partial charge in [0.25, 0.3) is 5.91 Å². The van der Waals surface area contributed by atoms with E-state index in [1.165, 1.54) is 4.68 Å². The van der Waals surface area contributed by atoms with Gasteiger partial charge in [-0.3, -0.25) is 9.48 Å². The maximum atomic E-state index is 11.7. The first kappa shape index (κ1) is 11.4. The Morgan fingerprint density at radius 1 is 1.53 bits per heavy atom. The molecule has 6 nitrogen and oxygen atoms in total. The molecule has 2 heterocycles. The van der Waals surface area contributed by atoms with Crippen molar-refractivity contribution >= 4 is 5.91 Å². The van der Waals surface area contributed by atoms with Gasteiger partial charge in [-0.25, -0.2) is 0 Å². The fourth-order valence-electron chi connectivity index (χ4n) is 1.58. The fraction of sp³-hybridized carbons (Fsp3) is 0.364. The van der Waals surface area contributed by atoms with Crippen LogP contribution < -0.4 is 5.32 Å². The maximum Gasteiger partial charge on any atom is 0.273 e. The van der Waals surface area contributed by atoms with Crippen LogP contribution >= 0.6 is 0 Å². The molecule has 0 saturated carbocycles. The van der Waals surface area contributed by atoms with E-state index in [4.69, 9.17) is 4.42 Å². The van der Waals surface area contributed by atoms with Gasteiger partial charge < -0.3 is 9.73 Å². The smallest absolute Gasteiger partial charge is 0.273 e. The summed E-state index contributed by atoms with van der Waals surface area (Å²) >= 11 is 0. The predicted octanol–water partition coefficient (Wildman–Crippen LogP) is 0.955. The number of nitrogens with one attached hydrogen (secondary N) is 1. The van der Waals surface area contributed by atoms with E-state index < -0.39 is 0 Å². The molecule has 6 heteroatoms. The highest BCUT2D eigenvalue weighted by Gasteiger charge is 2.11. The van der Waals surface area contributed by atoms with Crippen LogP contribution in [-0.2, 0) is 13.6 Å². The van der Waals surface area contributed by atoms with Crippen LogP contribution in [-0.4, -0.2) is 20.9 Å². The van der Waals surface area contributed by atoms with Crippen LogP contribution in [0.4, 0.5) is 0 Å². The zero-order chi connectivity index (χ0) is 12.4. The molecule has 0 aromatic carbocycles. The summed E-state index contributed by atoms with van der Waals surface area (Å²) in [5.41, 5.74) is 1.28. The molecular formula is C11H14N4O2. The largest absolute Gasteiger partial charge is 0.466 e. The first-order valence-corrected chi connectivity index (χ1v) is 5.26. The highest BCUT2D eigenvalue weighted by Crippen LogP contribution is 2.13. The van der Waals surface area contributed by atoms with Crippen molar-refractivity contribution in [3.63, 3.8) is 0 Å². The van der Waals surface area contributed by atoms with Crippen LogP contribution in [0, 0.1) is 13.8 Å². The maximum absolute atomic E-state index is 11.7. The van der Waals surface area contributed by atoms with Gasteiger partial charge in [-0.1, -0.05) is 5.21 Å². The third-order valence-electron chi connectivity index (χ3n) is 2.42. The molecule has 1 N–H and O–H groups in total. The van der Waals surface area contributed by atoms with E-state index in [1.807, 2.05) is 19.9 Å². The molecule has 0 saturated heterocycles. The number of carbonyl (C=O) groups excluding carboxylic acids is 1. The number of rotatable bonds is 3. The van der Waals surface area contributed by atoms with E-state index in [9.17, 15) is 4.79 Å². The lowest BCUT2D eigenvalue weighted by molar-refractivity contribution is 0.0945. The van der Waals surface area contributed by atoms with Gasteiger partial charge in [-0.15, -0.1) is 5.10 Å². The van der Waals surface area contributed by atoms with Gasteiger partial charge in [-0.05, 0) is 19.9 Å². The highest BCUT2D eigenvalue weighted by molar-refractivity contribution is 5.91. The van der Waals surface area contributed by atoms with Crippen LogP contribution in [0.3, 0.4) is 0 Å². The second kappa shape index (κ2) is 4.40. The van der Waals surface area contributed by atoms with E-state index in [-0.39, 0.29) is 5.91 Å². The van der Waals surface area contributed by atoms with Gasteiger partial charge in [0.05, 0.1) is 6.20 Å². The standard InChI is InChI=1S/C11H14N4O2/c1-7-4-9(8(2)17-7)5-12-11(16)10-6-15(3)14-13-10/h4,6H,5H2,1-3H3,(H,12,16). The minimum absolute atomic E-state index is 0.239. The number of aryl methyl sites for hydroxylation is 3. The lowest BCUT2D eigenvalue weighted by Crippen LogP contribution is -2.23. The number of aromatic nitrogens is 3.